The molecule has 14 heteroatoms. The van der Waals surface area contributed by atoms with Crippen LogP contribution in [0.25, 0.3) is 10.4 Å². The lowest BCUT2D eigenvalue weighted by Crippen LogP contribution is -2.33. The molecular formula is C11H14F2N5O6P. The van der Waals surface area contributed by atoms with Crippen molar-refractivity contribution in [3.8, 4) is 0 Å². The highest BCUT2D eigenvalue weighted by atomic mass is 31.2. The molecular weight excluding hydrogens is 367 g/mol. The number of hydrogen-bond acceptors (Lipinski definition) is 5. The minimum atomic E-state index is -5.75. The second-order valence-corrected chi connectivity index (χ2v) is 7.27. The first-order valence-corrected chi connectivity index (χ1v) is 8.52. The van der Waals surface area contributed by atoms with Crippen LogP contribution in [0.5, 0.6) is 0 Å². The highest BCUT2D eigenvalue weighted by Crippen LogP contribution is 2.56. The molecule has 25 heavy (non-hydrogen) atoms. The predicted molar refractivity (Wildman–Crippen MR) is 79.1 cm³/mol. The molecule has 1 aromatic heterocycles. The summed E-state index contributed by atoms with van der Waals surface area (Å²) in [5, 5.41) is 3.30. The van der Waals surface area contributed by atoms with E-state index in [1.54, 1.807) is 0 Å². The lowest BCUT2D eigenvalue weighted by atomic mass is 10.1. The summed E-state index contributed by atoms with van der Waals surface area (Å²) in [4.78, 5) is 45.2. The molecule has 1 fully saturated rings. The van der Waals surface area contributed by atoms with E-state index in [0.717, 1.165) is 10.8 Å². The second kappa shape index (κ2) is 6.70. The Labute approximate surface area is 138 Å². The average molecular weight is 381 g/mol. The normalized spacial score (nSPS) is 24.1. The minimum absolute atomic E-state index is 0.160. The Morgan fingerprint density at radius 3 is 2.76 bits per heavy atom. The van der Waals surface area contributed by atoms with Gasteiger partial charge in [0.2, 0.25) is 0 Å². The molecule has 1 aliphatic heterocycles. The van der Waals surface area contributed by atoms with Gasteiger partial charge in [-0.25, -0.2) is 4.79 Å². The minimum Gasteiger partial charge on any atom is -0.354 e. The molecule has 0 amide bonds. The van der Waals surface area contributed by atoms with Crippen LogP contribution in [0.1, 0.15) is 24.6 Å². The van der Waals surface area contributed by atoms with E-state index in [2.05, 4.69) is 10.0 Å². The van der Waals surface area contributed by atoms with Gasteiger partial charge in [-0.05, 0) is 12.5 Å². The number of halogens is 2. The van der Waals surface area contributed by atoms with Crippen LogP contribution in [0, 0.1) is 6.92 Å². The van der Waals surface area contributed by atoms with Gasteiger partial charge >= 0.3 is 18.9 Å². The molecule has 0 spiro atoms. The summed E-state index contributed by atoms with van der Waals surface area (Å²) >= 11 is 0. The Morgan fingerprint density at radius 1 is 1.56 bits per heavy atom. The third-order valence-corrected chi connectivity index (χ3v) is 4.77. The molecule has 138 valence electrons. The fourth-order valence-corrected chi connectivity index (χ4v) is 2.84. The zero-order chi connectivity index (χ0) is 19.0. The average Bonchev–Trinajstić information content (AvgIpc) is 2.84. The van der Waals surface area contributed by atoms with E-state index in [0.29, 0.717) is 0 Å². The molecule has 0 unspecified atom stereocenters. The fraction of sp³-hybridized carbons (Fsp3) is 0.636. The number of azide groups is 1. The molecule has 0 saturated carbocycles. The smallest absolute Gasteiger partial charge is 0.354 e. The summed E-state index contributed by atoms with van der Waals surface area (Å²) in [6, 6.07) is -1.17. The summed E-state index contributed by atoms with van der Waals surface area (Å²) in [7, 11) is -5.75. The molecule has 0 radical (unpaired) electrons. The first-order chi connectivity index (χ1) is 11.5. The lowest BCUT2D eigenvalue weighted by Gasteiger charge is -2.23. The number of nitrogens with zero attached hydrogens (tertiary/aromatic N) is 4. The maximum atomic E-state index is 13.6. The Kier molecular flexibility index (Phi) is 5.17. The van der Waals surface area contributed by atoms with Crippen LogP contribution in [0.4, 0.5) is 8.78 Å². The van der Waals surface area contributed by atoms with Crippen LogP contribution in [0.2, 0.25) is 0 Å². The van der Waals surface area contributed by atoms with E-state index in [1.807, 2.05) is 4.98 Å². The quantitative estimate of drug-likeness (QED) is 0.297. The Morgan fingerprint density at radius 2 is 2.20 bits per heavy atom. The maximum absolute atomic E-state index is 13.6. The van der Waals surface area contributed by atoms with Crippen molar-refractivity contribution in [1.82, 2.24) is 9.55 Å². The van der Waals surface area contributed by atoms with Gasteiger partial charge in [-0.3, -0.25) is 18.9 Å². The van der Waals surface area contributed by atoms with Crippen molar-refractivity contribution in [2.75, 3.05) is 0 Å². The predicted octanol–water partition coefficient (Wildman–Crippen LogP) is 0.972. The topological polar surface area (TPSA) is 170 Å². The molecule has 0 aromatic carbocycles. The molecule has 1 aromatic rings. The zero-order valence-electron chi connectivity index (χ0n) is 12.7. The van der Waals surface area contributed by atoms with Gasteiger partial charge in [0, 0.05) is 23.1 Å². The molecule has 3 atom stereocenters. The maximum Gasteiger partial charge on any atom is 0.394 e. The summed E-state index contributed by atoms with van der Waals surface area (Å²) in [6.45, 7) is 1.41. The first-order valence-electron chi connectivity index (χ1n) is 6.91. The van der Waals surface area contributed by atoms with Crippen LogP contribution in [-0.4, -0.2) is 37.1 Å². The van der Waals surface area contributed by atoms with E-state index in [1.165, 1.54) is 6.92 Å². The van der Waals surface area contributed by atoms with Gasteiger partial charge in [0.15, 0.2) is 0 Å². The van der Waals surface area contributed by atoms with Crippen molar-refractivity contribution >= 4 is 7.60 Å². The van der Waals surface area contributed by atoms with Crippen LogP contribution in [-0.2, 0) is 9.30 Å². The molecule has 11 nitrogen and oxygen atoms in total. The Balaban J connectivity index is 2.34. The number of ether oxygens (including phenoxy) is 1. The van der Waals surface area contributed by atoms with Gasteiger partial charge in [-0.1, -0.05) is 5.11 Å². The van der Waals surface area contributed by atoms with Crippen molar-refractivity contribution in [2.45, 2.75) is 43.8 Å². The van der Waals surface area contributed by atoms with Gasteiger partial charge < -0.3 is 14.5 Å². The van der Waals surface area contributed by atoms with Crippen molar-refractivity contribution in [2.24, 2.45) is 5.11 Å². The number of aromatic amines is 1. The molecule has 0 bridgehead atoms. The number of aryl methyl sites for hydroxylation is 1. The third kappa shape index (κ3) is 3.97. The van der Waals surface area contributed by atoms with Gasteiger partial charge in [0.25, 0.3) is 5.56 Å². The van der Waals surface area contributed by atoms with Crippen molar-refractivity contribution < 1.29 is 27.9 Å². The Bertz CT molecular complexity index is 872. The molecule has 0 aliphatic carbocycles. The molecule has 3 N–H and O–H groups in total. The number of nitrogens with one attached hydrogen (secondary N) is 1. The summed E-state index contributed by atoms with van der Waals surface area (Å²) in [5.41, 5.74) is 2.82. The number of hydrogen-bond donors (Lipinski definition) is 3. The molecule has 1 aliphatic rings. The Hall–Kier alpha value is -2.04. The van der Waals surface area contributed by atoms with Gasteiger partial charge in [0.1, 0.15) is 6.23 Å². The van der Waals surface area contributed by atoms with E-state index in [9.17, 15) is 22.9 Å². The molecule has 2 rings (SSSR count). The highest BCUT2D eigenvalue weighted by Gasteiger charge is 2.53. The van der Waals surface area contributed by atoms with Crippen LogP contribution in [0.3, 0.4) is 0 Å². The number of rotatable bonds is 5. The lowest BCUT2D eigenvalue weighted by molar-refractivity contribution is -0.0508. The van der Waals surface area contributed by atoms with Gasteiger partial charge in [-0.2, -0.15) is 8.78 Å². The van der Waals surface area contributed by atoms with Crippen molar-refractivity contribution in [3.63, 3.8) is 0 Å². The second-order valence-electron chi connectivity index (χ2n) is 5.53. The van der Waals surface area contributed by atoms with Crippen LogP contribution >= 0.6 is 7.60 Å². The van der Waals surface area contributed by atoms with Gasteiger partial charge in [-0.15, -0.1) is 0 Å². The highest BCUT2D eigenvalue weighted by molar-refractivity contribution is 7.53. The van der Waals surface area contributed by atoms with E-state index >= 15 is 0 Å². The van der Waals surface area contributed by atoms with Crippen molar-refractivity contribution in [3.05, 3.63) is 43.0 Å². The summed E-state index contributed by atoms with van der Waals surface area (Å²) < 4.78 is 44.3. The van der Waals surface area contributed by atoms with E-state index in [-0.39, 0.29) is 12.0 Å². The molecule has 1 saturated heterocycles. The SMILES string of the molecule is Cc1cn([C@H]2C[C@H](N=[N+]=[N-])[C@@H](CC(F)(F)P(=O)(O)O)O2)c(=O)[nH]c1=O. The van der Waals surface area contributed by atoms with E-state index in [4.69, 9.17) is 20.1 Å². The summed E-state index contributed by atoms with van der Waals surface area (Å²) in [5.74, 6) is 0. The number of alkyl halides is 2. The third-order valence-electron chi connectivity index (χ3n) is 3.73. The number of aromatic nitrogens is 2. The monoisotopic (exact) mass is 381 g/mol. The zero-order valence-corrected chi connectivity index (χ0v) is 13.6. The number of H-pyrrole nitrogens is 1. The van der Waals surface area contributed by atoms with Crippen LogP contribution in [0.15, 0.2) is 20.9 Å². The summed E-state index contributed by atoms with van der Waals surface area (Å²) in [6.07, 6.45) is -3.09. The van der Waals surface area contributed by atoms with Crippen LogP contribution < -0.4 is 11.2 Å². The van der Waals surface area contributed by atoms with Crippen molar-refractivity contribution in [1.29, 1.82) is 0 Å². The molecule has 2 heterocycles. The largest absolute Gasteiger partial charge is 0.394 e. The van der Waals surface area contributed by atoms with Gasteiger partial charge in [0.05, 0.1) is 18.6 Å². The standard InChI is InChI=1S/C11H14F2N5O6P/c1-5-4-18(10(20)15-9(5)19)8-2-6(16-17-14)7(24-8)3-11(12,13)25(21,22)23/h4,6-8H,2-3H2,1H3,(H,15,19,20)(H2,21,22,23)/t6-,7+,8+/m0/s1. The first kappa shape index (κ1) is 19.3. The fourth-order valence-electron chi connectivity index (χ4n) is 2.42. The van der Waals surface area contributed by atoms with E-state index < -0.39 is 49.3 Å².